The quantitative estimate of drug-likeness (QED) is 0.874. The second kappa shape index (κ2) is 7.08. The van der Waals surface area contributed by atoms with Crippen LogP contribution in [0.25, 0.3) is 0 Å². The maximum absolute atomic E-state index is 12.6. The molecular weight excluding hydrogens is 260 g/mol. The van der Waals surface area contributed by atoms with Crippen LogP contribution in [0.5, 0.6) is 0 Å². The van der Waals surface area contributed by atoms with Crippen LogP contribution in [0.1, 0.15) is 52.0 Å². The van der Waals surface area contributed by atoms with Gasteiger partial charge in [0.2, 0.25) is 5.91 Å². The number of carbonyl (C=O) groups excluding carboxylic acids is 1. The molecule has 1 aromatic rings. The number of carbonyl (C=O) groups is 1. The van der Waals surface area contributed by atoms with Crippen LogP contribution < -0.4 is 10.6 Å². The van der Waals surface area contributed by atoms with Gasteiger partial charge in [-0.05, 0) is 51.6 Å². The molecule has 116 valence electrons. The zero-order valence-electron chi connectivity index (χ0n) is 13.5. The molecule has 0 saturated heterocycles. The van der Waals surface area contributed by atoms with Crippen LogP contribution in [0, 0.1) is 0 Å². The number of nitrogens with one attached hydrogen (secondary N) is 2. The van der Waals surface area contributed by atoms with E-state index in [4.69, 9.17) is 0 Å². The molecule has 0 heterocycles. The van der Waals surface area contributed by atoms with Crippen LogP contribution in [0.15, 0.2) is 30.3 Å². The molecule has 3 heteroatoms. The molecule has 0 atom stereocenters. The first-order chi connectivity index (χ1) is 10.0. The topological polar surface area (TPSA) is 41.1 Å². The molecule has 0 bridgehead atoms. The lowest BCUT2D eigenvalue weighted by molar-refractivity contribution is -0.126. The van der Waals surface area contributed by atoms with Crippen molar-refractivity contribution >= 4 is 5.91 Å². The van der Waals surface area contributed by atoms with E-state index in [1.54, 1.807) is 0 Å². The summed E-state index contributed by atoms with van der Waals surface area (Å²) in [6.45, 7) is 7.18. The van der Waals surface area contributed by atoms with Crippen molar-refractivity contribution in [3.05, 3.63) is 35.9 Å². The number of amides is 1. The second-order valence-electron chi connectivity index (χ2n) is 6.57. The third-order valence-corrected chi connectivity index (χ3v) is 4.62. The summed E-state index contributed by atoms with van der Waals surface area (Å²) in [6.07, 6.45) is 4.47. The SMILES string of the molecule is CCNC1CCC(NC(=O)C(C)(C)c2ccccc2)CC1. The average Bonchev–Trinajstić information content (AvgIpc) is 2.50. The largest absolute Gasteiger partial charge is 0.353 e. The van der Waals surface area contributed by atoms with Gasteiger partial charge in [0.15, 0.2) is 0 Å². The highest BCUT2D eigenvalue weighted by Gasteiger charge is 2.32. The van der Waals surface area contributed by atoms with Crippen LogP contribution in [0.3, 0.4) is 0 Å². The Kier molecular flexibility index (Phi) is 5.40. The summed E-state index contributed by atoms with van der Waals surface area (Å²) in [5, 5.41) is 6.76. The Morgan fingerprint density at radius 2 is 1.67 bits per heavy atom. The number of hydrogen-bond acceptors (Lipinski definition) is 2. The Morgan fingerprint density at radius 1 is 1.10 bits per heavy atom. The fourth-order valence-electron chi connectivity index (χ4n) is 3.08. The first-order valence-electron chi connectivity index (χ1n) is 8.14. The summed E-state index contributed by atoms with van der Waals surface area (Å²) in [7, 11) is 0. The lowest BCUT2D eigenvalue weighted by atomic mass is 9.82. The number of rotatable bonds is 5. The van der Waals surface area contributed by atoms with E-state index < -0.39 is 5.41 Å². The maximum atomic E-state index is 12.6. The van der Waals surface area contributed by atoms with Crippen molar-refractivity contribution in [2.75, 3.05) is 6.54 Å². The van der Waals surface area contributed by atoms with E-state index in [1.165, 1.54) is 0 Å². The summed E-state index contributed by atoms with van der Waals surface area (Å²) in [5.74, 6) is 0.139. The standard InChI is InChI=1S/C18H28N2O/c1-4-19-15-10-12-16(13-11-15)20-17(21)18(2,3)14-8-6-5-7-9-14/h5-9,15-16,19H,4,10-13H2,1-3H3,(H,20,21). The Balaban J connectivity index is 1.90. The third kappa shape index (κ3) is 4.07. The van der Waals surface area contributed by atoms with Crippen molar-refractivity contribution in [3.63, 3.8) is 0 Å². The van der Waals surface area contributed by atoms with E-state index in [0.717, 1.165) is 37.8 Å². The molecule has 1 amide bonds. The van der Waals surface area contributed by atoms with Gasteiger partial charge in [0.1, 0.15) is 0 Å². The van der Waals surface area contributed by atoms with Gasteiger partial charge in [0.25, 0.3) is 0 Å². The van der Waals surface area contributed by atoms with Gasteiger partial charge in [-0.15, -0.1) is 0 Å². The Labute approximate surface area is 128 Å². The molecule has 21 heavy (non-hydrogen) atoms. The summed E-state index contributed by atoms with van der Waals surface area (Å²) in [5.41, 5.74) is 0.601. The molecule has 0 radical (unpaired) electrons. The minimum absolute atomic E-state index is 0.139. The number of benzene rings is 1. The third-order valence-electron chi connectivity index (χ3n) is 4.62. The molecule has 0 unspecified atom stereocenters. The smallest absolute Gasteiger partial charge is 0.230 e. The van der Waals surface area contributed by atoms with E-state index in [1.807, 2.05) is 44.2 Å². The molecule has 1 saturated carbocycles. The Hall–Kier alpha value is -1.35. The van der Waals surface area contributed by atoms with Crippen molar-refractivity contribution in [2.24, 2.45) is 0 Å². The highest BCUT2D eigenvalue weighted by molar-refractivity contribution is 5.87. The van der Waals surface area contributed by atoms with Crippen LogP contribution in [0.4, 0.5) is 0 Å². The Morgan fingerprint density at radius 3 is 2.24 bits per heavy atom. The summed E-state index contributed by atoms with van der Waals surface area (Å²) >= 11 is 0. The maximum Gasteiger partial charge on any atom is 0.230 e. The molecule has 0 aromatic heterocycles. The first-order valence-corrected chi connectivity index (χ1v) is 8.14. The molecule has 1 fully saturated rings. The van der Waals surface area contributed by atoms with Crippen LogP contribution in [-0.4, -0.2) is 24.5 Å². The molecule has 3 nitrogen and oxygen atoms in total. The highest BCUT2D eigenvalue weighted by atomic mass is 16.2. The van der Waals surface area contributed by atoms with Gasteiger partial charge < -0.3 is 10.6 Å². The molecule has 1 aromatic carbocycles. The normalized spacial score (nSPS) is 22.8. The molecule has 0 aliphatic heterocycles. The molecular formula is C18H28N2O. The molecule has 0 spiro atoms. The summed E-state index contributed by atoms with van der Waals surface area (Å²) in [4.78, 5) is 12.6. The van der Waals surface area contributed by atoms with Crippen molar-refractivity contribution in [1.29, 1.82) is 0 Å². The van der Waals surface area contributed by atoms with Gasteiger partial charge in [0.05, 0.1) is 5.41 Å². The Bertz CT molecular complexity index is 448. The van der Waals surface area contributed by atoms with Crippen molar-refractivity contribution < 1.29 is 4.79 Å². The van der Waals surface area contributed by atoms with Crippen LogP contribution in [0.2, 0.25) is 0 Å². The van der Waals surface area contributed by atoms with Gasteiger partial charge in [0, 0.05) is 12.1 Å². The zero-order valence-corrected chi connectivity index (χ0v) is 13.5. The fourth-order valence-corrected chi connectivity index (χ4v) is 3.08. The van der Waals surface area contributed by atoms with Gasteiger partial charge in [-0.25, -0.2) is 0 Å². The molecule has 2 N–H and O–H groups in total. The average molecular weight is 288 g/mol. The summed E-state index contributed by atoms with van der Waals surface area (Å²) < 4.78 is 0. The minimum Gasteiger partial charge on any atom is -0.353 e. The van der Waals surface area contributed by atoms with Crippen LogP contribution >= 0.6 is 0 Å². The van der Waals surface area contributed by atoms with Gasteiger partial charge in [-0.3, -0.25) is 4.79 Å². The second-order valence-corrected chi connectivity index (χ2v) is 6.57. The van der Waals surface area contributed by atoms with Crippen molar-refractivity contribution in [1.82, 2.24) is 10.6 Å². The zero-order chi connectivity index (χ0) is 15.3. The van der Waals surface area contributed by atoms with E-state index in [-0.39, 0.29) is 5.91 Å². The van der Waals surface area contributed by atoms with Crippen molar-refractivity contribution in [2.45, 2.75) is 64.0 Å². The molecule has 1 aliphatic carbocycles. The van der Waals surface area contributed by atoms with E-state index >= 15 is 0 Å². The fraction of sp³-hybridized carbons (Fsp3) is 0.611. The van der Waals surface area contributed by atoms with Gasteiger partial charge in [-0.2, -0.15) is 0 Å². The predicted octanol–water partition coefficient (Wildman–Crippen LogP) is 3.00. The predicted molar refractivity (Wildman–Crippen MR) is 87.3 cm³/mol. The van der Waals surface area contributed by atoms with E-state index in [2.05, 4.69) is 17.6 Å². The highest BCUT2D eigenvalue weighted by Crippen LogP contribution is 2.25. The molecule has 1 aliphatic rings. The minimum atomic E-state index is -0.472. The van der Waals surface area contributed by atoms with Gasteiger partial charge in [-0.1, -0.05) is 37.3 Å². The first kappa shape index (κ1) is 16.0. The summed E-state index contributed by atoms with van der Waals surface area (Å²) in [6, 6.07) is 11.0. The lowest BCUT2D eigenvalue weighted by Gasteiger charge is -2.32. The van der Waals surface area contributed by atoms with Crippen LogP contribution in [-0.2, 0) is 10.2 Å². The van der Waals surface area contributed by atoms with Crippen molar-refractivity contribution in [3.8, 4) is 0 Å². The molecule has 2 rings (SSSR count). The monoisotopic (exact) mass is 288 g/mol. The van der Waals surface area contributed by atoms with Gasteiger partial charge >= 0.3 is 0 Å². The number of hydrogen-bond donors (Lipinski definition) is 2. The van der Waals surface area contributed by atoms with E-state index in [9.17, 15) is 4.79 Å². The lowest BCUT2D eigenvalue weighted by Crippen LogP contribution is -2.47. The van der Waals surface area contributed by atoms with E-state index in [0.29, 0.717) is 12.1 Å².